The van der Waals surface area contributed by atoms with Crippen LogP contribution in [0.5, 0.6) is 0 Å². The average Bonchev–Trinajstić information content (AvgIpc) is 2.67. The van der Waals surface area contributed by atoms with Crippen LogP contribution in [-0.2, 0) is 22.6 Å². The zero-order valence-corrected chi connectivity index (χ0v) is 15.5. The Balaban J connectivity index is 2.17. The third-order valence-corrected chi connectivity index (χ3v) is 4.24. The van der Waals surface area contributed by atoms with Crippen LogP contribution in [0.3, 0.4) is 0 Å². The van der Waals surface area contributed by atoms with Gasteiger partial charge in [0.05, 0.1) is 6.61 Å². The lowest BCUT2D eigenvalue weighted by Gasteiger charge is -2.33. The van der Waals surface area contributed by atoms with Gasteiger partial charge in [-0.1, -0.05) is 67.2 Å². The highest BCUT2D eigenvalue weighted by Crippen LogP contribution is 2.18. The monoisotopic (exact) mass is 353 g/mol. The van der Waals surface area contributed by atoms with E-state index in [1.165, 1.54) is 11.1 Å². The second-order valence-corrected chi connectivity index (χ2v) is 6.12. The molecule has 0 aliphatic rings. The van der Waals surface area contributed by atoms with Crippen molar-refractivity contribution in [3.8, 4) is 0 Å². The zero-order chi connectivity index (χ0) is 18.8. The molecule has 0 saturated carbocycles. The van der Waals surface area contributed by atoms with Crippen LogP contribution in [-0.4, -0.2) is 29.8 Å². The molecular formula is C22H27NO3. The molecular weight excluding hydrogens is 326 g/mol. The first kappa shape index (κ1) is 19.7. The number of ether oxygens (including phenoxy) is 2. The summed E-state index contributed by atoms with van der Waals surface area (Å²) in [5.41, 5.74) is 2.41. The van der Waals surface area contributed by atoms with Gasteiger partial charge in [-0.2, -0.15) is 0 Å². The number of carbonyl (C=O) groups excluding carboxylic acids is 1. The normalized spacial score (nSPS) is 13.0. The van der Waals surface area contributed by atoms with E-state index >= 15 is 0 Å². The van der Waals surface area contributed by atoms with Crippen LogP contribution in [0.15, 0.2) is 73.3 Å². The number of hydrogen-bond acceptors (Lipinski definition) is 4. The van der Waals surface area contributed by atoms with Crippen molar-refractivity contribution in [3.63, 3.8) is 0 Å². The van der Waals surface area contributed by atoms with Crippen LogP contribution >= 0.6 is 0 Å². The minimum absolute atomic E-state index is 0.0580. The van der Waals surface area contributed by atoms with Gasteiger partial charge in [-0.15, -0.1) is 0 Å². The Kier molecular flexibility index (Phi) is 7.90. The minimum atomic E-state index is -0.663. The van der Waals surface area contributed by atoms with E-state index in [0.29, 0.717) is 0 Å². The van der Waals surface area contributed by atoms with Gasteiger partial charge < -0.3 is 9.47 Å². The van der Waals surface area contributed by atoms with E-state index in [2.05, 4.69) is 35.7 Å². The van der Waals surface area contributed by atoms with E-state index in [9.17, 15) is 4.79 Å². The molecule has 0 heterocycles. The van der Waals surface area contributed by atoms with Gasteiger partial charge in [-0.05, 0) is 31.1 Å². The molecule has 2 unspecified atom stereocenters. The molecule has 138 valence electrons. The summed E-state index contributed by atoms with van der Waals surface area (Å²) in [6.45, 7) is 9.40. The third-order valence-electron chi connectivity index (χ3n) is 4.24. The predicted octanol–water partition coefficient (Wildman–Crippen LogP) is 4.81. The van der Waals surface area contributed by atoms with Crippen LogP contribution in [0.1, 0.15) is 25.0 Å². The second-order valence-electron chi connectivity index (χ2n) is 6.12. The van der Waals surface area contributed by atoms with Crippen LogP contribution in [0.2, 0.25) is 0 Å². The molecule has 2 rings (SSSR count). The van der Waals surface area contributed by atoms with Crippen molar-refractivity contribution in [2.45, 2.75) is 39.1 Å². The van der Waals surface area contributed by atoms with Crippen molar-refractivity contribution in [3.05, 3.63) is 84.4 Å². The van der Waals surface area contributed by atoms with Gasteiger partial charge in [0.2, 0.25) is 0 Å². The fraction of sp³-hybridized carbons (Fsp3) is 0.318. The van der Waals surface area contributed by atoms with Gasteiger partial charge in [0, 0.05) is 19.1 Å². The molecule has 0 amide bonds. The van der Waals surface area contributed by atoms with Crippen molar-refractivity contribution in [1.82, 2.24) is 4.90 Å². The second kappa shape index (κ2) is 10.4. The largest absolute Gasteiger partial charge is 0.508 e. The summed E-state index contributed by atoms with van der Waals surface area (Å²) in [6.07, 6.45) is 0.537. The maximum absolute atomic E-state index is 11.7. The maximum Gasteiger partial charge on any atom is 0.508 e. The maximum atomic E-state index is 11.7. The molecule has 0 bridgehead atoms. The fourth-order valence-corrected chi connectivity index (χ4v) is 2.79. The number of benzene rings is 2. The van der Waals surface area contributed by atoms with Gasteiger partial charge in [0.1, 0.15) is 6.10 Å². The Bertz CT molecular complexity index is 631. The van der Waals surface area contributed by atoms with Crippen LogP contribution < -0.4 is 0 Å². The van der Waals surface area contributed by atoms with E-state index < -0.39 is 12.3 Å². The van der Waals surface area contributed by atoms with Gasteiger partial charge in [-0.3, -0.25) is 4.90 Å². The lowest BCUT2D eigenvalue weighted by Crippen LogP contribution is -2.42. The highest BCUT2D eigenvalue weighted by Gasteiger charge is 2.25. The highest BCUT2D eigenvalue weighted by atomic mass is 16.7. The molecule has 0 spiro atoms. The highest BCUT2D eigenvalue weighted by molar-refractivity contribution is 5.60. The molecule has 4 heteroatoms. The summed E-state index contributed by atoms with van der Waals surface area (Å²) in [7, 11) is 0. The summed E-state index contributed by atoms with van der Waals surface area (Å²) in [6, 6.07) is 20.5. The molecule has 0 aliphatic heterocycles. The van der Waals surface area contributed by atoms with E-state index in [1.54, 1.807) is 13.0 Å². The Morgan fingerprint density at radius 1 is 1.04 bits per heavy atom. The smallest absolute Gasteiger partial charge is 0.435 e. The standard InChI is InChI=1S/C22H27NO3/c1-4-21(26-22(24)25-5-2)18(3)23(16-19-12-8-6-9-13-19)17-20-14-10-7-11-15-20/h4,6-15,18,21H,1,5,16-17H2,2-3H3. The van der Waals surface area contributed by atoms with Crippen LogP contribution in [0, 0.1) is 0 Å². The van der Waals surface area contributed by atoms with Gasteiger partial charge in [-0.25, -0.2) is 4.79 Å². The van der Waals surface area contributed by atoms with Crippen molar-refractivity contribution in [1.29, 1.82) is 0 Å². The summed E-state index contributed by atoms with van der Waals surface area (Å²) in [5.74, 6) is 0. The number of nitrogens with zero attached hydrogens (tertiary/aromatic N) is 1. The lowest BCUT2D eigenvalue weighted by atomic mass is 10.1. The van der Waals surface area contributed by atoms with Crippen LogP contribution in [0.4, 0.5) is 4.79 Å². The quantitative estimate of drug-likeness (QED) is 0.479. The topological polar surface area (TPSA) is 38.8 Å². The summed E-state index contributed by atoms with van der Waals surface area (Å²) in [5, 5.41) is 0. The summed E-state index contributed by atoms with van der Waals surface area (Å²) >= 11 is 0. The van der Waals surface area contributed by atoms with Crippen molar-refractivity contribution < 1.29 is 14.3 Å². The van der Waals surface area contributed by atoms with E-state index in [0.717, 1.165) is 13.1 Å². The fourth-order valence-electron chi connectivity index (χ4n) is 2.79. The van der Waals surface area contributed by atoms with Crippen molar-refractivity contribution in [2.24, 2.45) is 0 Å². The van der Waals surface area contributed by atoms with Crippen molar-refractivity contribution in [2.75, 3.05) is 6.61 Å². The first-order chi connectivity index (χ1) is 12.6. The Labute approximate surface area is 156 Å². The van der Waals surface area contributed by atoms with Crippen LogP contribution in [0.25, 0.3) is 0 Å². The molecule has 0 radical (unpaired) electrons. The lowest BCUT2D eigenvalue weighted by molar-refractivity contribution is 0.00610. The van der Waals surface area contributed by atoms with Crippen molar-refractivity contribution >= 4 is 6.16 Å². The van der Waals surface area contributed by atoms with E-state index in [4.69, 9.17) is 9.47 Å². The third kappa shape index (κ3) is 6.05. The molecule has 0 aromatic heterocycles. The zero-order valence-electron chi connectivity index (χ0n) is 15.5. The Morgan fingerprint density at radius 3 is 1.96 bits per heavy atom. The molecule has 26 heavy (non-hydrogen) atoms. The average molecular weight is 353 g/mol. The number of rotatable bonds is 9. The first-order valence-electron chi connectivity index (χ1n) is 8.92. The number of hydrogen-bond donors (Lipinski definition) is 0. The molecule has 0 saturated heterocycles. The predicted molar refractivity (Wildman–Crippen MR) is 104 cm³/mol. The molecule has 2 aromatic rings. The SMILES string of the molecule is C=CC(OC(=O)OCC)C(C)N(Cc1ccccc1)Cc1ccccc1. The minimum Gasteiger partial charge on any atom is -0.435 e. The molecule has 0 N–H and O–H groups in total. The molecule has 2 atom stereocenters. The molecule has 2 aromatic carbocycles. The van der Waals surface area contributed by atoms with Gasteiger partial charge in [0.15, 0.2) is 0 Å². The van der Waals surface area contributed by atoms with Gasteiger partial charge >= 0.3 is 6.16 Å². The molecule has 0 fully saturated rings. The molecule has 4 nitrogen and oxygen atoms in total. The van der Waals surface area contributed by atoms with E-state index in [1.807, 2.05) is 43.3 Å². The summed E-state index contributed by atoms with van der Waals surface area (Å²) < 4.78 is 10.4. The first-order valence-corrected chi connectivity index (χ1v) is 8.92. The Morgan fingerprint density at radius 2 is 1.54 bits per heavy atom. The Hall–Kier alpha value is -2.59. The molecule has 0 aliphatic carbocycles. The number of carbonyl (C=O) groups is 1. The van der Waals surface area contributed by atoms with Gasteiger partial charge in [0.25, 0.3) is 0 Å². The summed E-state index contributed by atoms with van der Waals surface area (Å²) in [4.78, 5) is 14.0. The van der Waals surface area contributed by atoms with E-state index in [-0.39, 0.29) is 12.6 Å².